The highest BCUT2D eigenvalue weighted by Crippen LogP contribution is 2.25. The van der Waals surface area contributed by atoms with Gasteiger partial charge < -0.3 is 20.7 Å². The Bertz CT molecular complexity index is 436. The molecule has 0 amide bonds. The molecule has 0 saturated heterocycles. The number of carbonyl (C=O) groups is 1. The SMILES string of the molecule is COC(=O)C(O)C(O)c1cc(C)c(N)cc1F. The van der Waals surface area contributed by atoms with E-state index in [0.29, 0.717) is 5.56 Å². The third-order valence-corrected chi connectivity index (χ3v) is 2.45. The zero-order valence-electron chi connectivity index (χ0n) is 9.48. The maximum Gasteiger partial charge on any atom is 0.337 e. The van der Waals surface area contributed by atoms with Crippen molar-refractivity contribution in [1.29, 1.82) is 0 Å². The summed E-state index contributed by atoms with van der Waals surface area (Å²) in [5.41, 5.74) is 6.04. The van der Waals surface area contributed by atoms with Crippen LogP contribution in [0.2, 0.25) is 0 Å². The average Bonchev–Trinajstić information content (AvgIpc) is 2.31. The number of aliphatic hydroxyl groups is 2. The van der Waals surface area contributed by atoms with Gasteiger partial charge in [-0.25, -0.2) is 9.18 Å². The molecule has 0 heterocycles. The molecule has 5 nitrogen and oxygen atoms in total. The average molecular weight is 243 g/mol. The summed E-state index contributed by atoms with van der Waals surface area (Å²) >= 11 is 0. The second kappa shape index (κ2) is 5.11. The molecule has 0 bridgehead atoms. The van der Waals surface area contributed by atoms with Gasteiger partial charge in [0.25, 0.3) is 0 Å². The molecule has 0 aliphatic carbocycles. The fraction of sp³-hybridized carbons (Fsp3) is 0.364. The molecule has 0 spiro atoms. The van der Waals surface area contributed by atoms with Gasteiger partial charge in [-0.05, 0) is 24.6 Å². The third kappa shape index (κ3) is 2.72. The quantitative estimate of drug-likeness (QED) is 0.524. The Morgan fingerprint density at radius 1 is 1.47 bits per heavy atom. The highest BCUT2D eigenvalue weighted by molar-refractivity contribution is 5.75. The lowest BCUT2D eigenvalue weighted by Crippen LogP contribution is -2.29. The number of aryl methyl sites for hydroxylation is 1. The van der Waals surface area contributed by atoms with E-state index in [4.69, 9.17) is 5.73 Å². The van der Waals surface area contributed by atoms with E-state index in [9.17, 15) is 19.4 Å². The molecule has 2 atom stereocenters. The van der Waals surface area contributed by atoms with Gasteiger partial charge in [-0.3, -0.25) is 0 Å². The smallest absolute Gasteiger partial charge is 0.337 e. The van der Waals surface area contributed by atoms with Gasteiger partial charge in [-0.15, -0.1) is 0 Å². The molecule has 17 heavy (non-hydrogen) atoms. The monoisotopic (exact) mass is 243 g/mol. The third-order valence-electron chi connectivity index (χ3n) is 2.45. The topological polar surface area (TPSA) is 92.8 Å². The standard InChI is InChI=1S/C11H14FNO4/c1-5-3-6(7(12)4-8(5)13)9(14)10(15)11(16)17-2/h3-4,9-10,14-15H,13H2,1-2H3. The maximum atomic E-state index is 13.5. The van der Waals surface area contributed by atoms with Crippen LogP contribution in [0.15, 0.2) is 12.1 Å². The number of hydrogen-bond acceptors (Lipinski definition) is 5. The maximum absolute atomic E-state index is 13.5. The lowest BCUT2D eigenvalue weighted by atomic mass is 10.0. The highest BCUT2D eigenvalue weighted by atomic mass is 19.1. The van der Waals surface area contributed by atoms with Crippen LogP contribution >= 0.6 is 0 Å². The number of nitrogens with two attached hydrogens (primary N) is 1. The zero-order chi connectivity index (χ0) is 13.2. The lowest BCUT2D eigenvalue weighted by Gasteiger charge is -2.17. The summed E-state index contributed by atoms with van der Waals surface area (Å²) in [4.78, 5) is 11.0. The van der Waals surface area contributed by atoms with E-state index >= 15 is 0 Å². The molecule has 1 aromatic rings. The second-order valence-corrected chi connectivity index (χ2v) is 3.64. The number of ether oxygens (including phenoxy) is 1. The van der Waals surface area contributed by atoms with Gasteiger partial charge in [0.05, 0.1) is 7.11 Å². The van der Waals surface area contributed by atoms with E-state index in [2.05, 4.69) is 4.74 Å². The van der Waals surface area contributed by atoms with Gasteiger partial charge in [0.1, 0.15) is 11.9 Å². The minimum Gasteiger partial charge on any atom is -0.467 e. The number of methoxy groups -OCH3 is 1. The van der Waals surface area contributed by atoms with Crippen LogP contribution in [0.5, 0.6) is 0 Å². The minimum absolute atomic E-state index is 0.199. The number of anilines is 1. The summed E-state index contributed by atoms with van der Waals surface area (Å²) in [7, 11) is 1.06. The molecule has 0 aliphatic heterocycles. The molecule has 6 heteroatoms. The molecule has 0 radical (unpaired) electrons. The van der Waals surface area contributed by atoms with Gasteiger partial charge in [0, 0.05) is 11.3 Å². The lowest BCUT2D eigenvalue weighted by molar-refractivity contribution is -0.156. The summed E-state index contributed by atoms with van der Waals surface area (Å²) in [5, 5.41) is 19.1. The molecule has 1 rings (SSSR count). The fourth-order valence-electron chi connectivity index (χ4n) is 1.37. The first kappa shape index (κ1) is 13.4. The Morgan fingerprint density at radius 3 is 2.59 bits per heavy atom. The number of benzene rings is 1. The molecule has 0 aromatic heterocycles. The molecular formula is C11H14FNO4. The molecular weight excluding hydrogens is 229 g/mol. The normalized spacial score (nSPS) is 14.2. The van der Waals surface area contributed by atoms with Crippen LogP contribution in [-0.4, -0.2) is 29.4 Å². The van der Waals surface area contributed by atoms with Crippen molar-refractivity contribution in [2.24, 2.45) is 0 Å². The Balaban J connectivity index is 3.08. The van der Waals surface area contributed by atoms with E-state index in [1.807, 2.05) is 0 Å². The van der Waals surface area contributed by atoms with Crippen LogP contribution in [0.3, 0.4) is 0 Å². The number of halogens is 1. The van der Waals surface area contributed by atoms with Crippen LogP contribution in [0.25, 0.3) is 0 Å². The number of carbonyl (C=O) groups excluding carboxylic acids is 1. The Hall–Kier alpha value is -1.66. The van der Waals surface area contributed by atoms with E-state index < -0.39 is 24.0 Å². The molecule has 94 valence electrons. The Morgan fingerprint density at radius 2 is 2.06 bits per heavy atom. The first-order valence-corrected chi connectivity index (χ1v) is 4.88. The van der Waals surface area contributed by atoms with E-state index in [-0.39, 0.29) is 11.3 Å². The highest BCUT2D eigenvalue weighted by Gasteiger charge is 2.28. The number of esters is 1. The van der Waals surface area contributed by atoms with Crippen LogP contribution in [-0.2, 0) is 9.53 Å². The summed E-state index contributed by atoms with van der Waals surface area (Å²) in [6, 6.07) is 2.30. The summed E-state index contributed by atoms with van der Waals surface area (Å²) < 4.78 is 17.8. The Labute approximate surface area is 97.6 Å². The van der Waals surface area contributed by atoms with Gasteiger partial charge in [-0.1, -0.05) is 0 Å². The largest absolute Gasteiger partial charge is 0.467 e. The van der Waals surface area contributed by atoms with Gasteiger partial charge in [0.15, 0.2) is 6.10 Å². The predicted octanol–water partition coefficient (Wildman–Crippen LogP) is 0.284. The number of hydrogen-bond donors (Lipinski definition) is 3. The first-order valence-electron chi connectivity index (χ1n) is 4.88. The molecule has 0 saturated carbocycles. The predicted molar refractivity (Wildman–Crippen MR) is 58.5 cm³/mol. The van der Waals surface area contributed by atoms with Crippen molar-refractivity contribution in [1.82, 2.24) is 0 Å². The van der Waals surface area contributed by atoms with Crippen LogP contribution in [0, 0.1) is 12.7 Å². The van der Waals surface area contributed by atoms with Gasteiger partial charge >= 0.3 is 5.97 Å². The van der Waals surface area contributed by atoms with Crippen molar-refractivity contribution in [2.75, 3.05) is 12.8 Å². The zero-order valence-corrected chi connectivity index (χ0v) is 9.48. The molecule has 0 aliphatic rings. The van der Waals surface area contributed by atoms with Crippen molar-refractivity contribution < 1.29 is 24.1 Å². The summed E-state index contributed by atoms with van der Waals surface area (Å²) in [6.07, 6.45) is -3.53. The van der Waals surface area contributed by atoms with Crippen molar-refractivity contribution in [3.8, 4) is 0 Å². The molecule has 2 unspecified atom stereocenters. The summed E-state index contributed by atoms with van der Waals surface area (Å²) in [6.45, 7) is 1.62. The van der Waals surface area contributed by atoms with Crippen molar-refractivity contribution in [3.63, 3.8) is 0 Å². The summed E-state index contributed by atoms with van der Waals surface area (Å²) in [5.74, 6) is -1.82. The van der Waals surface area contributed by atoms with Crippen LogP contribution in [0.1, 0.15) is 17.2 Å². The number of rotatable bonds is 3. The van der Waals surface area contributed by atoms with E-state index in [1.165, 1.54) is 6.07 Å². The molecule has 4 N–H and O–H groups in total. The van der Waals surface area contributed by atoms with Crippen LogP contribution < -0.4 is 5.73 Å². The second-order valence-electron chi connectivity index (χ2n) is 3.64. The van der Waals surface area contributed by atoms with Crippen molar-refractivity contribution >= 4 is 11.7 Å². The van der Waals surface area contributed by atoms with Gasteiger partial charge in [0.2, 0.25) is 0 Å². The minimum atomic E-state index is -1.84. The van der Waals surface area contributed by atoms with Crippen LogP contribution in [0.4, 0.5) is 10.1 Å². The van der Waals surface area contributed by atoms with Crippen molar-refractivity contribution in [2.45, 2.75) is 19.1 Å². The van der Waals surface area contributed by atoms with Gasteiger partial charge in [-0.2, -0.15) is 0 Å². The Kier molecular flexibility index (Phi) is 4.03. The fourth-order valence-corrected chi connectivity index (χ4v) is 1.37. The van der Waals surface area contributed by atoms with E-state index in [1.54, 1.807) is 6.92 Å². The number of nitrogen functional groups attached to an aromatic ring is 1. The number of aliphatic hydroxyl groups excluding tert-OH is 2. The van der Waals surface area contributed by atoms with E-state index in [0.717, 1.165) is 13.2 Å². The van der Waals surface area contributed by atoms with Crippen molar-refractivity contribution in [3.05, 3.63) is 29.1 Å². The first-order chi connectivity index (χ1) is 7.88. The molecule has 1 aromatic carbocycles. The molecule has 0 fully saturated rings.